The minimum Gasteiger partial charge on any atom is -0.393 e. The monoisotopic (exact) mass is 180 g/mol. The Balaban J connectivity index is 2.91. The first kappa shape index (κ1) is 10.2. The summed E-state index contributed by atoms with van der Waals surface area (Å²) in [6.45, 7) is 3.49. The molecular weight excluding hydrogens is 164 g/mol. The van der Waals surface area contributed by atoms with Crippen LogP contribution in [0.25, 0.3) is 0 Å². The SMILES string of the molecule is CC(O)Cc1ccccc1C(C)O. The molecule has 0 bridgehead atoms. The Labute approximate surface area is 78.8 Å². The van der Waals surface area contributed by atoms with Gasteiger partial charge in [-0.2, -0.15) is 0 Å². The predicted molar refractivity (Wildman–Crippen MR) is 52.5 cm³/mol. The molecule has 2 atom stereocenters. The third kappa shape index (κ3) is 2.83. The molecule has 1 aromatic rings. The molecule has 2 heteroatoms. The van der Waals surface area contributed by atoms with E-state index >= 15 is 0 Å². The largest absolute Gasteiger partial charge is 0.393 e. The lowest BCUT2D eigenvalue weighted by molar-refractivity contribution is 0.185. The van der Waals surface area contributed by atoms with Gasteiger partial charge < -0.3 is 10.2 Å². The van der Waals surface area contributed by atoms with Crippen LogP contribution in [0.3, 0.4) is 0 Å². The molecule has 0 saturated carbocycles. The quantitative estimate of drug-likeness (QED) is 0.742. The highest BCUT2D eigenvalue weighted by Crippen LogP contribution is 2.18. The summed E-state index contributed by atoms with van der Waals surface area (Å²) in [4.78, 5) is 0. The Morgan fingerprint density at radius 1 is 1.15 bits per heavy atom. The molecule has 0 radical (unpaired) electrons. The minimum atomic E-state index is -0.463. The average molecular weight is 180 g/mol. The second kappa shape index (κ2) is 4.40. The molecule has 0 heterocycles. The molecule has 72 valence electrons. The molecule has 0 aliphatic carbocycles. The highest BCUT2D eigenvalue weighted by atomic mass is 16.3. The van der Waals surface area contributed by atoms with Gasteiger partial charge >= 0.3 is 0 Å². The smallest absolute Gasteiger partial charge is 0.0764 e. The van der Waals surface area contributed by atoms with Gasteiger partial charge in [-0.15, -0.1) is 0 Å². The number of hydrogen-bond acceptors (Lipinski definition) is 2. The number of aliphatic hydroxyl groups is 2. The fourth-order valence-electron chi connectivity index (χ4n) is 1.45. The van der Waals surface area contributed by atoms with Crippen LogP contribution in [0.15, 0.2) is 24.3 Å². The first-order chi connectivity index (χ1) is 6.11. The second-order valence-corrected chi connectivity index (χ2v) is 3.43. The van der Waals surface area contributed by atoms with Crippen LogP contribution in [-0.2, 0) is 6.42 Å². The summed E-state index contributed by atoms with van der Waals surface area (Å²) in [5.41, 5.74) is 1.93. The first-order valence-corrected chi connectivity index (χ1v) is 4.55. The van der Waals surface area contributed by atoms with Crippen molar-refractivity contribution in [2.75, 3.05) is 0 Å². The van der Waals surface area contributed by atoms with Crippen molar-refractivity contribution in [2.45, 2.75) is 32.5 Å². The fourth-order valence-corrected chi connectivity index (χ4v) is 1.45. The highest BCUT2D eigenvalue weighted by Gasteiger charge is 2.08. The maximum Gasteiger partial charge on any atom is 0.0764 e. The maximum absolute atomic E-state index is 9.44. The molecule has 0 amide bonds. The van der Waals surface area contributed by atoms with Crippen molar-refractivity contribution in [1.82, 2.24) is 0 Å². The van der Waals surface area contributed by atoms with Crippen molar-refractivity contribution >= 4 is 0 Å². The highest BCUT2D eigenvalue weighted by molar-refractivity contribution is 5.29. The molecule has 13 heavy (non-hydrogen) atoms. The van der Waals surface area contributed by atoms with E-state index in [0.717, 1.165) is 11.1 Å². The molecule has 0 aromatic heterocycles. The van der Waals surface area contributed by atoms with Crippen LogP contribution in [0.2, 0.25) is 0 Å². The molecule has 2 nitrogen and oxygen atoms in total. The van der Waals surface area contributed by atoms with Crippen molar-refractivity contribution in [2.24, 2.45) is 0 Å². The van der Waals surface area contributed by atoms with E-state index in [1.165, 1.54) is 0 Å². The molecule has 0 aliphatic rings. The Bertz CT molecular complexity index is 267. The topological polar surface area (TPSA) is 40.5 Å². The molecule has 1 aromatic carbocycles. The van der Waals surface area contributed by atoms with Crippen molar-refractivity contribution in [3.8, 4) is 0 Å². The van der Waals surface area contributed by atoms with Gasteiger partial charge in [-0.1, -0.05) is 24.3 Å². The van der Waals surface area contributed by atoms with Crippen molar-refractivity contribution in [1.29, 1.82) is 0 Å². The van der Waals surface area contributed by atoms with Crippen LogP contribution in [-0.4, -0.2) is 16.3 Å². The van der Waals surface area contributed by atoms with Gasteiger partial charge in [0.05, 0.1) is 12.2 Å². The standard InChI is InChI=1S/C11H16O2/c1-8(12)7-10-5-3-4-6-11(10)9(2)13/h3-6,8-9,12-13H,7H2,1-2H3. The van der Waals surface area contributed by atoms with E-state index < -0.39 is 6.10 Å². The average Bonchev–Trinajstić information content (AvgIpc) is 2.03. The van der Waals surface area contributed by atoms with Crippen LogP contribution < -0.4 is 0 Å². The molecule has 2 unspecified atom stereocenters. The lowest BCUT2D eigenvalue weighted by atomic mass is 9.99. The summed E-state index contributed by atoms with van der Waals surface area (Å²) in [6, 6.07) is 7.65. The molecule has 2 N–H and O–H groups in total. The zero-order valence-corrected chi connectivity index (χ0v) is 8.07. The van der Waals surface area contributed by atoms with E-state index in [4.69, 9.17) is 0 Å². The number of aliphatic hydroxyl groups excluding tert-OH is 2. The van der Waals surface area contributed by atoms with E-state index in [2.05, 4.69) is 0 Å². The normalized spacial score (nSPS) is 15.4. The van der Waals surface area contributed by atoms with Crippen LogP contribution in [0.5, 0.6) is 0 Å². The lowest BCUT2D eigenvalue weighted by Gasteiger charge is -2.12. The van der Waals surface area contributed by atoms with E-state index in [0.29, 0.717) is 6.42 Å². The summed E-state index contributed by atoms with van der Waals surface area (Å²) in [5.74, 6) is 0. The van der Waals surface area contributed by atoms with Crippen molar-refractivity contribution in [3.05, 3.63) is 35.4 Å². The Hall–Kier alpha value is -0.860. The molecule has 1 rings (SSSR count). The van der Waals surface area contributed by atoms with E-state index in [1.54, 1.807) is 13.8 Å². The number of benzene rings is 1. The number of rotatable bonds is 3. The number of hydrogen-bond donors (Lipinski definition) is 2. The zero-order chi connectivity index (χ0) is 9.84. The van der Waals surface area contributed by atoms with Crippen LogP contribution >= 0.6 is 0 Å². The van der Waals surface area contributed by atoms with Gasteiger partial charge in [-0.05, 0) is 31.4 Å². The van der Waals surface area contributed by atoms with Crippen molar-refractivity contribution in [3.63, 3.8) is 0 Å². The van der Waals surface area contributed by atoms with Gasteiger partial charge in [-0.3, -0.25) is 0 Å². The molecule has 0 spiro atoms. The van der Waals surface area contributed by atoms with Gasteiger partial charge in [0.1, 0.15) is 0 Å². The minimum absolute atomic E-state index is 0.361. The van der Waals surface area contributed by atoms with Gasteiger partial charge in [-0.25, -0.2) is 0 Å². The van der Waals surface area contributed by atoms with E-state index in [9.17, 15) is 10.2 Å². The summed E-state index contributed by atoms with van der Waals surface area (Å²) in [7, 11) is 0. The van der Waals surface area contributed by atoms with Gasteiger partial charge in [0.15, 0.2) is 0 Å². The third-order valence-corrected chi connectivity index (χ3v) is 2.02. The van der Waals surface area contributed by atoms with E-state index in [1.807, 2.05) is 24.3 Å². The predicted octanol–water partition coefficient (Wildman–Crippen LogP) is 1.66. The zero-order valence-electron chi connectivity index (χ0n) is 8.07. The third-order valence-electron chi connectivity index (χ3n) is 2.02. The Morgan fingerprint density at radius 3 is 2.31 bits per heavy atom. The molecular formula is C11H16O2. The maximum atomic E-state index is 9.44. The lowest BCUT2D eigenvalue weighted by Crippen LogP contribution is -2.07. The summed E-state index contributed by atoms with van der Waals surface area (Å²) in [5, 5.41) is 18.7. The Kier molecular flexibility index (Phi) is 3.46. The molecule has 0 saturated heterocycles. The van der Waals surface area contributed by atoms with Crippen LogP contribution in [0.1, 0.15) is 31.1 Å². The van der Waals surface area contributed by atoms with Crippen LogP contribution in [0.4, 0.5) is 0 Å². The summed E-state index contributed by atoms with van der Waals surface area (Å²) in [6.07, 6.45) is -0.226. The fraction of sp³-hybridized carbons (Fsp3) is 0.455. The van der Waals surface area contributed by atoms with Gasteiger partial charge in [0.25, 0.3) is 0 Å². The molecule has 0 fully saturated rings. The van der Waals surface area contributed by atoms with Crippen LogP contribution in [0, 0.1) is 0 Å². The summed E-state index contributed by atoms with van der Waals surface area (Å²) >= 11 is 0. The van der Waals surface area contributed by atoms with Gasteiger partial charge in [0.2, 0.25) is 0 Å². The summed E-state index contributed by atoms with van der Waals surface area (Å²) < 4.78 is 0. The molecule has 0 aliphatic heterocycles. The first-order valence-electron chi connectivity index (χ1n) is 4.55. The second-order valence-electron chi connectivity index (χ2n) is 3.43. The van der Waals surface area contributed by atoms with E-state index in [-0.39, 0.29) is 6.10 Å². The Morgan fingerprint density at radius 2 is 1.77 bits per heavy atom. The van der Waals surface area contributed by atoms with Crippen molar-refractivity contribution < 1.29 is 10.2 Å². The van der Waals surface area contributed by atoms with Gasteiger partial charge in [0, 0.05) is 0 Å².